The first-order valence-electron chi connectivity index (χ1n) is 14.2. The van der Waals surface area contributed by atoms with Crippen LogP contribution < -0.4 is 16.2 Å². The van der Waals surface area contributed by atoms with Crippen LogP contribution in [-0.4, -0.2) is 73.4 Å². The van der Waals surface area contributed by atoms with Gasteiger partial charge >= 0.3 is 12.1 Å². The number of aryl methyl sites for hydroxylation is 2. The molecular weight excluding hydrogens is 619 g/mol. The molecule has 0 bridgehead atoms. The molecule has 3 amide bonds. The number of carboxylic acid groups (broad SMARTS) is 1. The zero-order chi connectivity index (χ0) is 30.1. The normalized spacial score (nSPS) is 29.0. The molecule has 2 fully saturated rings. The van der Waals surface area contributed by atoms with E-state index in [1.807, 2.05) is 12.2 Å². The number of nitrogens with one attached hydrogen (secondary N) is 2. The number of ether oxygens (including phenoxy) is 1. The number of amides is 3. The molecule has 2 aliphatic heterocycles. The molecule has 0 spiro atoms. The second-order valence-corrected chi connectivity index (χ2v) is 12.3. The average Bonchev–Trinajstić information content (AvgIpc) is 3.38. The minimum atomic E-state index is -1.45. The van der Waals surface area contributed by atoms with Gasteiger partial charge in [-0.15, -0.1) is 0 Å². The molecular formula is C29H40N5O7Y-. The van der Waals surface area contributed by atoms with Crippen molar-refractivity contribution in [2.75, 3.05) is 6.54 Å². The summed E-state index contributed by atoms with van der Waals surface area (Å²) in [4.78, 5) is 67.0. The van der Waals surface area contributed by atoms with E-state index in [0.29, 0.717) is 24.1 Å². The van der Waals surface area contributed by atoms with Crippen LogP contribution in [0.5, 0.6) is 0 Å². The van der Waals surface area contributed by atoms with Crippen molar-refractivity contribution in [3.63, 3.8) is 0 Å². The zero-order valence-electron chi connectivity index (χ0n) is 24.9. The van der Waals surface area contributed by atoms with Crippen molar-refractivity contribution in [3.05, 3.63) is 39.8 Å². The van der Waals surface area contributed by atoms with Gasteiger partial charge in [0, 0.05) is 45.2 Å². The molecule has 4 rings (SSSR count). The molecule has 13 heteroatoms. The Morgan fingerprint density at radius 2 is 1.90 bits per heavy atom. The van der Waals surface area contributed by atoms with E-state index in [1.165, 1.54) is 9.58 Å². The largest absolute Gasteiger partial charge is 0.479 e. The summed E-state index contributed by atoms with van der Waals surface area (Å²) in [6.45, 7) is 8.48. The van der Waals surface area contributed by atoms with E-state index < -0.39 is 53.1 Å². The fourth-order valence-corrected chi connectivity index (χ4v) is 5.68. The summed E-state index contributed by atoms with van der Waals surface area (Å²) in [6, 6.07) is 0.213. The summed E-state index contributed by atoms with van der Waals surface area (Å²) in [7, 11) is 0. The van der Waals surface area contributed by atoms with Crippen LogP contribution in [0.25, 0.3) is 0 Å². The minimum absolute atomic E-state index is 0. The molecule has 12 nitrogen and oxygen atoms in total. The van der Waals surface area contributed by atoms with Crippen LogP contribution in [0.4, 0.5) is 4.79 Å². The van der Waals surface area contributed by atoms with Crippen molar-refractivity contribution in [2.45, 2.75) is 109 Å². The topological polar surface area (TPSA) is 160 Å². The SMILES string of the molecule is Cc1[c-]c(C)c(=O)n([C@@H]2C[C@H]3C(=O)N[C@]4(C(=O)O)C[C@H]4/C=C\CCCCC[C@H](NC(=O)OC(C)(C)C)C(=O)N3C2)n1.[Y]. The monoisotopic (exact) mass is 659 g/mol. The van der Waals surface area contributed by atoms with Crippen molar-refractivity contribution >= 4 is 23.9 Å². The number of hydrogen-bond acceptors (Lipinski definition) is 7. The fraction of sp³-hybridized carbons (Fsp3) is 0.655. The first-order valence-corrected chi connectivity index (χ1v) is 14.2. The van der Waals surface area contributed by atoms with Gasteiger partial charge in [0.25, 0.3) is 0 Å². The Labute approximate surface area is 270 Å². The third-order valence-corrected chi connectivity index (χ3v) is 7.83. The Bertz CT molecular complexity index is 1310. The molecule has 42 heavy (non-hydrogen) atoms. The Morgan fingerprint density at radius 3 is 2.57 bits per heavy atom. The van der Waals surface area contributed by atoms with Crippen molar-refractivity contribution in [2.24, 2.45) is 5.92 Å². The summed E-state index contributed by atoms with van der Waals surface area (Å²) >= 11 is 0. The number of aliphatic carboxylic acids is 1. The number of aromatic nitrogens is 2. The third-order valence-electron chi connectivity index (χ3n) is 7.83. The van der Waals surface area contributed by atoms with Crippen molar-refractivity contribution in [1.29, 1.82) is 0 Å². The maximum atomic E-state index is 14.0. The van der Waals surface area contributed by atoms with Gasteiger partial charge in [0.2, 0.25) is 11.8 Å². The van der Waals surface area contributed by atoms with Crippen LogP contribution >= 0.6 is 0 Å². The fourth-order valence-electron chi connectivity index (χ4n) is 5.68. The second-order valence-electron chi connectivity index (χ2n) is 12.3. The molecule has 3 N–H and O–H groups in total. The molecule has 1 aromatic heterocycles. The van der Waals surface area contributed by atoms with E-state index in [4.69, 9.17) is 4.74 Å². The van der Waals surface area contributed by atoms with E-state index in [0.717, 1.165) is 19.3 Å². The van der Waals surface area contributed by atoms with Crippen LogP contribution in [0, 0.1) is 25.8 Å². The van der Waals surface area contributed by atoms with Crippen LogP contribution in [-0.2, 0) is 51.8 Å². The first kappa shape index (κ1) is 33.9. The number of alkyl carbamates (subject to hydrolysis) is 1. The molecule has 1 saturated heterocycles. The molecule has 227 valence electrons. The van der Waals surface area contributed by atoms with Crippen molar-refractivity contribution in [1.82, 2.24) is 25.3 Å². The van der Waals surface area contributed by atoms with Crippen LogP contribution in [0.3, 0.4) is 0 Å². The molecule has 1 aromatic rings. The standard InChI is InChI=1S/C29H40N5O7.Y/c1-17-13-18(2)32-34(24(17)36)20-14-22-23(35)31-29(26(38)39)15-19(29)11-9-7-6-8-10-12-21(25(37)33(22)16-20)30-27(40)41-28(3,4)5;/h9,11,19-22H,6-8,10,12,14-16H2,1-5H3,(H,30,40)(H,31,35)(H,38,39);/q-1;/b11-9-;/t19-,20-,21+,22+,29-;/m1./s1. The van der Waals surface area contributed by atoms with Gasteiger partial charge in [0.15, 0.2) is 0 Å². The predicted molar refractivity (Wildman–Crippen MR) is 148 cm³/mol. The number of hydrogen-bond donors (Lipinski definition) is 3. The predicted octanol–water partition coefficient (Wildman–Crippen LogP) is 2.17. The van der Waals surface area contributed by atoms with Crippen molar-refractivity contribution in [3.8, 4) is 0 Å². The summed E-state index contributed by atoms with van der Waals surface area (Å²) in [5, 5.41) is 19.7. The molecule has 1 radical (unpaired) electrons. The Balaban J connectivity index is 0.00000484. The Hall–Kier alpha value is -2.60. The Morgan fingerprint density at radius 1 is 1.19 bits per heavy atom. The number of carboxylic acids is 1. The van der Waals surface area contributed by atoms with E-state index in [9.17, 15) is 29.1 Å². The molecule has 1 aliphatic carbocycles. The van der Waals surface area contributed by atoms with E-state index in [-0.39, 0.29) is 63.6 Å². The van der Waals surface area contributed by atoms with Gasteiger partial charge in [0.05, 0.1) is 6.04 Å². The van der Waals surface area contributed by atoms with Crippen LogP contribution in [0.1, 0.15) is 83.0 Å². The zero-order valence-corrected chi connectivity index (χ0v) is 27.8. The van der Waals surface area contributed by atoms with E-state index in [1.54, 1.807) is 34.6 Å². The number of nitrogens with zero attached hydrogens (tertiary/aromatic N) is 3. The molecule has 1 saturated carbocycles. The van der Waals surface area contributed by atoms with Crippen molar-refractivity contribution < 1.29 is 61.7 Å². The summed E-state index contributed by atoms with van der Waals surface area (Å²) in [6.07, 6.45) is 6.68. The molecule has 3 heterocycles. The van der Waals surface area contributed by atoms with E-state index in [2.05, 4.69) is 21.8 Å². The van der Waals surface area contributed by atoms with Crippen LogP contribution in [0.2, 0.25) is 0 Å². The molecule has 0 unspecified atom stereocenters. The van der Waals surface area contributed by atoms with Gasteiger partial charge in [-0.25, -0.2) is 20.8 Å². The third kappa shape index (κ3) is 7.67. The molecule has 0 aromatic carbocycles. The van der Waals surface area contributed by atoms with E-state index >= 15 is 0 Å². The molecule has 3 aliphatic rings. The second kappa shape index (κ2) is 13.4. The van der Waals surface area contributed by atoms with Gasteiger partial charge < -0.3 is 34.9 Å². The number of carbonyl (C=O) groups excluding carboxylic acids is 3. The number of allylic oxidation sites excluding steroid dienone is 1. The summed E-state index contributed by atoms with van der Waals surface area (Å²) < 4.78 is 6.68. The number of fused-ring (bicyclic) bond motifs is 2. The smallest absolute Gasteiger partial charge is 0.408 e. The number of rotatable bonds is 3. The number of carbonyl (C=O) groups is 4. The average molecular weight is 660 g/mol. The van der Waals surface area contributed by atoms with Gasteiger partial charge in [-0.1, -0.05) is 31.9 Å². The maximum absolute atomic E-state index is 14.0. The molecule has 5 atom stereocenters. The maximum Gasteiger partial charge on any atom is 0.408 e. The van der Waals surface area contributed by atoms with Gasteiger partial charge in [-0.2, -0.15) is 5.56 Å². The Kier molecular flexibility index (Phi) is 10.8. The van der Waals surface area contributed by atoms with Gasteiger partial charge in [-0.3, -0.25) is 9.59 Å². The van der Waals surface area contributed by atoms with Gasteiger partial charge in [-0.05, 0) is 65.5 Å². The first-order chi connectivity index (χ1) is 19.2. The quantitative estimate of drug-likeness (QED) is 0.329. The van der Waals surface area contributed by atoms with Crippen LogP contribution in [0.15, 0.2) is 16.9 Å². The summed E-state index contributed by atoms with van der Waals surface area (Å²) in [5.41, 5.74) is -1.75. The minimum Gasteiger partial charge on any atom is -0.479 e. The van der Waals surface area contributed by atoms with Gasteiger partial charge in [0.1, 0.15) is 28.8 Å². The summed E-state index contributed by atoms with van der Waals surface area (Å²) in [5.74, 6) is -2.60.